The van der Waals surface area contributed by atoms with Crippen molar-refractivity contribution in [1.82, 2.24) is 20.4 Å². The monoisotopic (exact) mass is 525 g/mol. The van der Waals surface area contributed by atoms with Crippen molar-refractivity contribution in [2.45, 2.75) is 18.9 Å². The smallest absolute Gasteiger partial charge is 0.243 e. The topological polar surface area (TPSA) is 60.0 Å². The van der Waals surface area contributed by atoms with Crippen LogP contribution in [0.3, 0.4) is 0 Å². The number of hydrogen-bond donors (Lipinski definition) is 2. The molecule has 0 bridgehead atoms. The van der Waals surface area contributed by atoms with Gasteiger partial charge in [0.25, 0.3) is 0 Å². The molecule has 1 atom stereocenters. The Morgan fingerprint density at radius 2 is 2.11 bits per heavy atom. The molecule has 0 saturated carbocycles. The van der Waals surface area contributed by atoms with E-state index in [-0.39, 0.29) is 36.4 Å². The van der Waals surface area contributed by atoms with Gasteiger partial charge in [-0.05, 0) is 43.6 Å². The zero-order valence-electron chi connectivity index (χ0n) is 16.4. The van der Waals surface area contributed by atoms with Crippen LogP contribution in [0.15, 0.2) is 22.5 Å². The van der Waals surface area contributed by atoms with Crippen LogP contribution in [0.1, 0.15) is 23.8 Å². The molecule has 6 nitrogen and oxygen atoms in total. The number of thioether (sulfide) groups is 1. The number of likely N-dealkylation sites (tertiary alicyclic amines) is 1. The largest absolute Gasteiger partial charge is 0.356 e. The van der Waals surface area contributed by atoms with Crippen LogP contribution in [0.5, 0.6) is 0 Å². The average Bonchev–Trinajstić information content (AvgIpc) is 3.33. The predicted molar refractivity (Wildman–Crippen MR) is 129 cm³/mol. The van der Waals surface area contributed by atoms with Gasteiger partial charge in [0, 0.05) is 37.8 Å². The number of hydrogen-bond acceptors (Lipinski definition) is 5. The van der Waals surface area contributed by atoms with E-state index in [1.807, 2.05) is 11.3 Å². The van der Waals surface area contributed by atoms with E-state index in [1.54, 1.807) is 30.8 Å². The van der Waals surface area contributed by atoms with Crippen molar-refractivity contribution in [2.24, 2.45) is 4.99 Å². The van der Waals surface area contributed by atoms with Crippen molar-refractivity contribution in [3.05, 3.63) is 22.4 Å². The normalized spacial score (nSPS) is 15.9. The Bertz CT molecular complexity index is 562. The molecule has 0 aromatic carbocycles. The van der Waals surface area contributed by atoms with E-state index in [0.717, 1.165) is 37.9 Å². The molecule has 1 fully saturated rings. The van der Waals surface area contributed by atoms with E-state index in [1.165, 1.54) is 17.7 Å². The maximum absolute atomic E-state index is 11.9. The summed E-state index contributed by atoms with van der Waals surface area (Å²) in [6.45, 7) is 4.08. The van der Waals surface area contributed by atoms with Crippen molar-refractivity contribution in [3.63, 3.8) is 0 Å². The van der Waals surface area contributed by atoms with Crippen LogP contribution < -0.4 is 10.6 Å². The standard InChI is InChI=1S/C18H31N5OS2.HI/c1-22(2)17(24)14-21-18(19-8-12-25-3)20-13-15(16-7-6-11-26-16)23-9-4-5-10-23;/h6-7,11,15H,4-5,8-10,12-14H2,1-3H3,(H2,19,20,21);1H. The van der Waals surface area contributed by atoms with Crippen LogP contribution in [0.25, 0.3) is 0 Å². The molecule has 1 unspecified atom stereocenters. The summed E-state index contributed by atoms with van der Waals surface area (Å²) >= 11 is 3.60. The highest BCUT2D eigenvalue weighted by atomic mass is 127. The van der Waals surface area contributed by atoms with Gasteiger partial charge in [-0.3, -0.25) is 9.69 Å². The number of amides is 1. The number of nitrogens with one attached hydrogen (secondary N) is 2. The maximum Gasteiger partial charge on any atom is 0.243 e. The lowest BCUT2D eigenvalue weighted by atomic mass is 10.2. The summed E-state index contributed by atoms with van der Waals surface area (Å²) in [6, 6.07) is 4.68. The molecule has 0 spiro atoms. The minimum absolute atomic E-state index is 0. The highest BCUT2D eigenvalue weighted by molar-refractivity contribution is 14.0. The minimum Gasteiger partial charge on any atom is -0.356 e. The molecule has 0 radical (unpaired) electrons. The Morgan fingerprint density at radius 1 is 1.37 bits per heavy atom. The van der Waals surface area contributed by atoms with Gasteiger partial charge < -0.3 is 15.5 Å². The van der Waals surface area contributed by atoms with Gasteiger partial charge >= 0.3 is 0 Å². The quantitative estimate of drug-likeness (QED) is 0.225. The Labute approximate surface area is 188 Å². The number of carbonyl (C=O) groups excluding carboxylic acids is 1. The van der Waals surface area contributed by atoms with Crippen LogP contribution >= 0.6 is 47.1 Å². The van der Waals surface area contributed by atoms with Crippen LogP contribution in [0.2, 0.25) is 0 Å². The second-order valence-electron chi connectivity index (χ2n) is 6.53. The SMILES string of the molecule is CSCCNC(=NCC(=O)N(C)C)NCC(c1cccs1)N1CCCC1.I. The summed E-state index contributed by atoms with van der Waals surface area (Å²) in [5.41, 5.74) is 0. The summed E-state index contributed by atoms with van der Waals surface area (Å²) in [5, 5.41) is 8.94. The number of nitrogens with zero attached hydrogens (tertiary/aromatic N) is 3. The predicted octanol–water partition coefficient (Wildman–Crippen LogP) is 2.49. The van der Waals surface area contributed by atoms with Crippen LogP contribution in [0, 0.1) is 0 Å². The third kappa shape index (κ3) is 8.57. The molecule has 1 saturated heterocycles. The Hall–Kier alpha value is -0.520. The molecule has 2 rings (SSSR count). The lowest BCUT2D eigenvalue weighted by molar-refractivity contribution is -0.127. The summed E-state index contributed by atoms with van der Waals surface area (Å²) in [5.74, 6) is 1.73. The highest BCUT2D eigenvalue weighted by Crippen LogP contribution is 2.27. The van der Waals surface area contributed by atoms with E-state index in [2.05, 4.69) is 44.3 Å². The third-order valence-corrected chi connectivity index (χ3v) is 5.97. The van der Waals surface area contributed by atoms with E-state index in [4.69, 9.17) is 0 Å². The number of thiophene rings is 1. The first-order chi connectivity index (χ1) is 12.6. The first kappa shape index (κ1) is 24.5. The molecule has 2 heterocycles. The molecule has 1 aromatic rings. The summed E-state index contributed by atoms with van der Waals surface area (Å²) in [4.78, 5) is 21.8. The van der Waals surface area contributed by atoms with Gasteiger partial charge in [0.15, 0.2) is 5.96 Å². The molecular formula is C18H32IN5OS2. The van der Waals surface area contributed by atoms with Gasteiger partial charge in [0.05, 0.1) is 6.04 Å². The van der Waals surface area contributed by atoms with Gasteiger partial charge in [-0.25, -0.2) is 4.99 Å². The van der Waals surface area contributed by atoms with Gasteiger partial charge in [0.2, 0.25) is 5.91 Å². The fourth-order valence-electron chi connectivity index (χ4n) is 2.87. The molecule has 2 N–H and O–H groups in total. The van der Waals surface area contributed by atoms with Crippen molar-refractivity contribution in [1.29, 1.82) is 0 Å². The number of carbonyl (C=O) groups is 1. The molecular weight excluding hydrogens is 493 g/mol. The molecule has 27 heavy (non-hydrogen) atoms. The molecule has 1 aliphatic rings. The molecule has 1 aromatic heterocycles. The average molecular weight is 526 g/mol. The molecule has 9 heteroatoms. The Kier molecular flexibility index (Phi) is 12.4. The number of halogens is 1. The lowest BCUT2D eigenvalue weighted by Crippen LogP contribution is -2.43. The summed E-state index contributed by atoms with van der Waals surface area (Å²) in [6.07, 6.45) is 4.62. The zero-order valence-corrected chi connectivity index (χ0v) is 20.4. The minimum atomic E-state index is 0. The van der Waals surface area contributed by atoms with E-state index in [0.29, 0.717) is 6.04 Å². The lowest BCUT2D eigenvalue weighted by Gasteiger charge is -2.27. The van der Waals surface area contributed by atoms with Gasteiger partial charge in [-0.2, -0.15) is 11.8 Å². The fourth-order valence-corrected chi connectivity index (χ4v) is 4.04. The van der Waals surface area contributed by atoms with Gasteiger partial charge in [-0.1, -0.05) is 6.07 Å². The maximum atomic E-state index is 11.9. The highest BCUT2D eigenvalue weighted by Gasteiger charge is 2.24. The number of rotatable bonds is 9. The van der Waals surface area contributed by atoms with Crippen molar-refractivity contribution in [2.75, 3.05) is 58.8 Å². The van der Waals surface area contributed by atoms with Crippen molar-refractivity contribution >= 4 is 58.9 Å². The first-order valence-corrected chi connectivity index (χ1v) is 11.4. The summed E-state index contributed by atoms with van der Waals surface area (Å²) < 4.78 is 0. The second-order valence-corrected chi connectivity index (χ2v) is 8.49. The van der Waals surface area contributed by atoms with E-state index >= 15 is 0 Å². The van der Waals surface area contributed by atoms with E-state index < -0.39 is 0 Å². The number of aliphatic imine (C=N–C) groups is 1. The Morgan fingerprint density at radius 3 is 2.70 bits per heavy atom. The zero-order chi connectivity index (χ0) is 18.8. The first-order valence-electron chi connectivity index (χ1n) is 9.10. The second kappa shape index (κ2) is 13.6. The van der Waals surface area contributed by atoms with Crippen LogP contribution in [-0.4, -0.2) is 80.5 Å². The van der Waals surface area contributed by atoms with Crippen molar-refractivity contribution < 1.29 is 4.79 Å². The van der Waals surface area contributed by atoms with E-state index in [9.17, 15) is 4.79 Å². The molecule has 1 amide bonds. The number of guanidine groups is 1. The molecule has 0 aliphatic carbocycles. The third-order valence-electron chi connectivity index (χ3n) is 4.39. The van der Waals surface area contributed by atoms with Crippen molar-refractivity contribution in [3.8, 4) is 0 Å². The van der Waals surface area contributed by atoms with Gasteiger partial charge in [0.1, 0.15) is 6.54 Å². The van der Waals surface area contributed by atoms with Crippen LogP contribution in [0.4, 0.5) is 0 Å². The Balaban J connectivity index is 0.00000364. The van der Waals surface area contributed by atoms with Gasteiger partial charge in [-0.15, -0.1) is 35.3 Å². The number of likely N-dealkylation sites (N-methyl/N-ethyl adjacent to an activating group) is 1. The summed E-state index contributed by atoms with van der Waals surface area (Å²) in [7, 11) is 3.51. The molecule has 1 aliphatic heterocycles. The van der Waals surface area contributed by atoms with Crippen LogP contribution in [-0.2, 0) is 4.79 Å². The fraction of sp³-hybridized carbons (Fsp3) is 0.667. The molecule has 154 valence electrons.